The van der Waals surface area contributed by atoms with E-state index in [4.69, 9.17) is 4.74 Å². The van der Waals surface area contributed by atoms with Gasteiger partial charge in [0.15, 0.2) is 11.6 Å². The molecule has 0 unspecified atom stereocenters. The molecule has 1 aliphatic heterocycles. The van der Waals surface area contributed by atoms with Gasteiger partial charge in [0, 0.05) is 17.5 Å². The number of halogens is 5. The molecule has 2 atom stereocenters. The number of amides is 1. The predicted octanol–water partition coefficient (Wildman–Crippen LogP) is 3.83. The molecule has 0 saturated heterocycles. The Labute approximate surface area is 161 Å². The van der Waals surface area contributed by atoms with Crippen LogP contribution in [0.15, 0.2) is 53.5 Å². The van der Waals surface area contributed by atoms with Crippen LogP contribution < -0.4 is 5.32 Å². The van der Waals surface area contributed by atoms with Crippen molar-refractivity contribution in [2.75, 3.05) is 6.67 Å². The van der Waals surface area contributed by atoms with Crippen LogP contribution >= 0.6 is 0 Å². The highest BCUT2D eigenvalue weighted by Gasteiger charge is 2.52. The van der Waals surface area contributed by atoms with Crippen LogP contribution in [-0.4, -0.2) is 35.9 Å². The fraction of sp³-hybridized carbons (Fsp3) is 0.263. The van der Waals surface area contributed by atoms with E-state index in [1.54, 1.807) is 6.07 Å². The van der Waals surface area contributed by atoms with E-state index in [0.717, 1.165) is 18.2 Å². The number of ether oxygens (including phenoxy) is 1. The number of phenols is 1. The second-order valence-electron chi connectivity index (χ2n) is 6.41. The monoisotopic (exact) mass is 414 g/mol. The molecule has 5 nitrogen and oxygen atoms in total. The predicted molar refractivity (Wildman–Crippen MR) is 92.6 cm³/mol. The molecule has 29 heavy (non-hydrogen) atoms. The number of nitrogens with one attached hydrogen (secondary N) is 1. The van der Waals surface area contributed by atoms with Gasteiger partial charge in [0.1, 0.15) is 18.2 Å². The van der Waals surface area contributed by atoms with E-state index in [1.807, 2.05) is 0 Å². The molecule has 154 valence electrons. The molecule has 1 heterocycles. The van der Waals surface area contributed by atoms with E-state index in [9.17, 15) is 31.9 Å². The number of aromatic hydroxyl groups is 1. The van der Waals surface area contributed by atoms with Crippen molar-refractivity contribution >= 4 is 11.9 Å². The average molecular weight is 414 g/mol. The molecule has 0 fully saturated rings. The lowest BCUT2D eigenvalue weighted by atomic mass is 9.86. The fourth-order valence-corrected chi connectivity index (χ4v) is 2.94. The summed E-state index contributed by atoms with van der Waals surface area (Å²) in [6.45, 7) is -1.56. The number of rotatable bonds is 3. The first-order valence-electron chi connectivity index (χ1n) is 8.39. The number of amidine groups is 1. The maximum atomic E-state index is 14.3. The number of carbonyl (C=O) groups excluding carboxylic acids is 1. The van der Waals surface area contributed by atoms with Gasteiger partial charge in [-0.15, -0.1) is 0 Å². The molecular weight excluding hydrogens is 399 g/mol. The maximum Gasteiger partial charge on any atom is 0.411 e. The Balaban J connectivity index is 2.01. The molecule has 2 aromatic rings. The summed E-state index contributed by atoms with van der Waals surface area (Å²) in [6, 6.07) is 6.66. The Morgan fingerprint density at radius 1 is 1.24 bits per heavy atom. The molecule has 0 bridgehead atoms. The van der Waals surface area contributed by atoms with Crippen molar-refractivity contribution in [3.63, 3.8) is 0 Å². The van der Waals surface area contributed by atoms with Gasteiger partial charge in [-0.1, -0.05) is 18.2 Å². The summed E-state index contributed by atoms with van der Waals surface area (Å²) in [7, 11) is 0. The van der Waals surface area contributed by atoms with Crippen LogP contribution in [0, 0.1) is 5.82 Å². The highest BCUT2D eigenvalue weighted by Crippen LogP contribution is 2.42. The smallest absolute Gasteiger partial charge is 0.411 e. The Bertz CT molecular complexity index is 933. The number of alkyl halides is 4. The molecule has 0 spiro atoms. The zero-order valence-electron chi connectivity index (χ0n) is 14.7. The molecule has 0 radical (unpaired) electrons. The molecule has 1 aliphatic rings. The number of carbonyl (C=O) groups is 1. The zero-order chi connectivity index (χ0) is 21.2. The number of aliphatic imine (C=N–C) groups is 1. The molecule has 2 N–H and O–H groups in total. The van der Waals surface area contributed by atoms with Gasteiger partial charge in [0.25, 0.3) is 11.9 Å². The van der Waals surface area contributed by atoms with Crippen LogP contribution in [0.5, 0.6) is 5.75 Å². The number of phenolic OH excluding ortho intramolecular Hbond substituents is 1. The first kappa shape index (κ1) is 20.6. The van der Waals surface area contributed by atoms with Gasteiger partial charge < -0.3 is 9.84 Å². The number of benzene rings is 2. The average Bonchev–Trinajstić information content (AvgIpc) is 2.69. The lowest BCUT2D eigenvalue weighted by Gasteiger charge is -2.38. The third-order valence-electron chi connectivity index (χ3n) is 4.38. The molecule has 0 aromatic heterocycles. The maximum absolute atomic E-state index is 14.3. The van der Waals surface area contributed by atoms with Gasteiger partial charge in [0.05, 0.1) is 0 Å². The lowest BCUT2D eigenvalue weighted by Crippen LogP contribution is -2.51. The first-order chi connectivity index (χ1) is 13.6. The van der Waals surface area contributed by atoms with Crippen molar-refractivity contribution in [1.29, 1.82) is 0 Å². The largest absolute Gasteiger partial charge is 0.508 e. The van der Waals surface area contributed by atoms with Crippen LogP contribution in [0.1, 0.15) is 22.3 Å². The summed E-state index contributed by atoms with van der Waals surface area (Å²) < 4.78 is 73.8. The molecule has 0 aliphatic carbocycles. The Kier molecular flexibility index (Phi) is 5.45. The second-order valence-corrected chi connectivity index (χ2v) is 6.41. The Hall–Kier alpha value is -3.17. The van der Waals surface area contributed by atoms with Gasteiger partial charge >= 0.3 is 6.18 Å². The molecular formula is C19H15F5N2O3. The summed E-state index contributed by atoms with van der Waals surface area (Å²) in [4.78, 5) is 15.6. The van der Waals surface area contributed by atoms with E-state index < -0.39 is 60.0 Å². The SMILES string of the molecule is O=C(NC1=N[C@H](C(F)(F)F)C[C@@](CF)(c2cc(O)ccc2F)O1)c1ccccc1. The lowest BCUT2D eigenvalue weighted by molar-refractivity contribution is -0.167. The third-order valence-corrected chi connectivity index (χ3v) is 4.38. The molecule has 0 saturated carbocycles. The van der Waals surface area contributed by atoms with E-state index in [0.29, 0.717) is 0 Å². The van der Waals surface area contributed by atoms with Crippen molar-refractivity contribution in [2.45, 2.75) is 24.2 Å². The van der Waals surface area contributed by atoms with Gasteiger partial charge in [0.2, 0.25) is 0 Å². The van der Waals surface area contributed by atoms with Crippen LogP contribution in [0.3, 0.4) is 0 Å². The highest BCUT2D eigenvalue weighted by molar-refractivity contribution is 6.04. The molecule has 1 amide bonds. The number of hydrogen-bond acceptors (Lipinski definition) is 4. The van der Waals surface area contributed by atoms with Crippen molar-refractivity contribution in [1.82, 2.24) is 5.32 Å². The minimum absolute atomic E-state index is 0.0994. The summed E-state index contributed by atoms with van der Waals surface area (Å²) in [6.07, 6.45) is -5.97. The van der Waals surface area contributed by atoms with Crippen molar-refractivity contribution < 1.29 is 36.6 Å². The fourth-order valence-electron chi connectivity index (χ4n) is 2.94. The first-order valence-corrected chi connectivity index (χ1v) is 8.39. The summed E-state index contributed by atoms with van der Waals surface area (Å²) in [5.74, 6) is -2.40. The van der Waals surface area contributed by atoms with Crippen molar-refractivity contribution in [3.05, 3.63) is 65.5 Å². The van der Waals surface area contributed by atoms with E-state index in [2.05, 4.69) is 10.3 Å². The Morgan fingerprint density at radius 3 is 2.55 bits per heavy atom. The van der Waals surface area contributed by atoms with Crippen molar-refractivity contribution in [2.24, 2.45) is 4.99 Å². The van der Waals surface area contributed by atoms with E-state index >= 15 is 0 Å². The van der Waals surface area contributed by atoms with Crippen LogP contribution in [-0.2, 0) is 10.3 Å². The number of nitrogens with zero attached hydrogens (tertiary/aromatic N) is 1. The van der Waals surface area contributed by atoms with Gasteiger partial charge in [-0.05, 0) is 30.3 Å². The van der Waals surface area contributed by atoms with E-state index in [1.165, 1.54) is 24.3 Å². The van der Waals surface area contributed by atoms with Crippen LogP contribution in [0.2, 0.25) is 0 Å². The third kappa shape index (κ3) is 4.30. The minimum Gasteiger partial charge on any atom is -0.508 e. The molecule has 10 heteroatoms. The van der Waals surface area contributed by atoms with Crippen molar-refractivity contribution in [3.8, 4) is 5.75 Å². The Morgan fingerprint density at radius 2 is 1.93 bits per heavy atom. The summed E-state index contributed by atoms with van der Waals surface area (Å²) in [5.41, 5.74) is -2.96. The van der Waals surface area contributed by atoms with Crippen LogP contribution in [0.25, 0.3) is 0 Å². The number of hydrogen-bond donors (Lipinski definition) is 2. The topological polar surface area (TPSA) is 70.9 Å². The summed E-state index contributed by atoms with van der Waals surface area (Å²) in [5, 5.41) is 11.7. The van der Waals surface area contributed by atoms with Gasteiger partial charge in [-0.3, -0.25) is 10.1 Å². The second kappa shape index (κ2) is 7.69. The quantitative estimate of drug-likeness (QED) is 0.750. The molecule has 2 aromatic carbocycles. The van der Waals surface area contributed by atoms with Gasteiger partial charge in [-0.25, -0.2) is 13.8 Å². The normalized spacial score (nSPS) is 21.8. The minimum atomic E-state index is -4.90. The summed E-state index contributed by atoms with van der Waals surface area (Å²) >= 11 is 0. The van der Waals surface area contributed by atoms with Crippen LogP contribution in [0.4, 0.5) is 22.0 Å². The van der Waals surface area contributed by atoms with E-state index in [-0.39, 0.29) is 5.56 Å². The molecule has 3 rings (SSSR count). The zero-order valence-corrected chi connectivity index (χ0v) is 14.7. The standard InChI is InChI=1S/C19H15F5N2O3/c20-10-18(13-8-12(27)6-7-14(13)21)9-15(19(22,23)24)25-17(29-18)26-16(28)11-4-2-1-3-5-11/h1-8,15,27H,9-10H2,(H,25,26,28)/t15-,18+/m0/s1. The highest BCUT2D eigenvalue weighted by atomic mass is 19.4. The van der Waals surface area contributed by atoms with Gasteiger partial charge in [-0.2, -0.15) is 13.2 Å².